The van der Waals surface area contributed by atoms with E-state index in [0.717, 1.165) is 0 Å². The molecule has 0 aliphatic carbocycles. The van der Waals surface area contributed by atoms with E-state index in [0.29, 0.717) is 19.3 Å². The van der Waals surface area contributed by atoms with Crippen molar-refractivity contribution in [2.24, 2.45) is 22.2 Å². The zero-order valence-corrected chi connectivity index (χ0v) is 5.66. The molecule has 0 unspecified atom stereocenters. The topological polar surface area (TPSA) is 107 Å². The molecular formula is C5H12N4O. The van der Waals surface area contributed by atoms with Crippen molar-refractivity contribution in [3.8, 4) is 0 Å². The summed E-state index contributed by atoms with van der Waals surface area (Å²) in [5.41, 5.74) is 15.3. The van der Waals surface area contributed by atoms with Gasteiger partial charge < -0.3 is 22.0 Å². The quantitative estimate of drug-likeness (QED) is 0.245. The van der Waals surface area contributed by atoms with Crippen molar-refractivity contribution in [3.05, 3.63) is 0 Å². The molecule has 5 nitrogen and oxygen atoms in total. The molecule has 0 aromatic rings. The van der Waals surface area contributed by atoms with Gasteiger partial charge in [-0.3, -0.25) is 4.99 Å². The zero-order valence-electron chi connectivity index (χ0n) is 5.66. The minimum Gasteiger partial charge on any atom is -0.370 e. The van der Waals surface area contributed by atoms with Gasteiger partial charge in [0.2, 0.25) is 0 Å². The lowest BCUT2D eigenvalue weighted by Crippen LogP contribution is -2.26. The number of guanidine groups is 1. The number of hydrogen-bond acceptors (Lipinski definition) is 3. The Kier molecular flexibility index (Phi) is 4.23. The Morgan fingerprint density at radius 2 is 2.20 bits per heavy atom. The highest BCUT2D eigenvalue weighted by Crippen LogP contribution is 1.83. The number of aldehydes is 1. The predicted molar refractivity (Wildman–Crippen MR) is 39.3 cm³/mol. The van der Waals surface area contributed by atoms with Crippen LogP contribution in [0.2, 0.25) is 0 Å². The monoisotopic (exact) mass is 144 g/mol. The molecule has 0 saturated carbocycles. The molecule has 0 radical (unpaired) electrons. The van der Waals surface area contributed by atoms with Gasteiger partial charge in [0.1, 0.15) is 6.29 Å². The Morgan fingerprint density at radius 1 is 1.60 bits per heavy atom. The van der Waals surface area contributed by atoms with Crippen LogP contribution in [0.25, 0.3) is 0 Å². The standard InChI is InChI=1S/C5H12N4O/c6-4(3-10)1-2-9-5(7)8/h3-4H,1-2,6H2,(H4,7,8,9)/t4-/m1/s1. The Morgan fingerprint density at radius 3 is 2.60 bits per heavy atom. The van der Waals surface area contributed by atoms with Crippen LogP contribution in [0.15, 0.2) is 4.99 Å². The van der Waals surface area contributed by atoms with Gasteiger partial charge in [-0.2, -0.15) is 0 Å². The van der Waals surface area contributed by atoms with E-state index in [4.69, 9.17) is 17.2 Å². The lowest BCUT2D eigenvalue weighted by atomic mass is 10.2. The van der Waals surface area contributed by atoms with Crippen LogP contribution in [0.5, 0.6) is 0 Å². The van der Waals surface area contributed by atoms with Gasteiger partial charge in [0.15, 0.2) is 5.96 Å². The number of nitrogens with two attached hydrogens (primary N) is 3. The molecule has 0 bridgehead atoms. The van der Waals surface area contributed by atoms with Crippen molar-refractivity contribution >= 4 is 12.2 Å². The van der Waals surface area contributed by atoms with E-state index in [1.165, 1.54) is 0 Å². The zero-order chi connectivity index (χ0) is 7.98. The van der Waals surface area contributed by atoms with Crippen LogP contribution in [-0.4, -0.2) is 24.8 Å². The number of nitrogens with zero attached hydrogens (tertiary/aromatic N) is 1. The number of carbonyl (C=O) groups excluding carboxylic acids is 1. The fourth-order valence-electron chi connectivity index (χ4n) is 0.411. The van der Waals surface area contributed by atoms with Crippen molar-refractivity contribution in [3.63, 3.8) is 0 Å². The van der Waals surface area contributed by atoms with Crippen molar-refractivity contribution in [1.29, 1.82) is 0 Å². The summed E-state index contributed by atoms with van der Waals surface area (Å²) in [6, 6.07) is -0.455. The highest BCUT2D eigenvalue weighted by molar-refractivity contribution is 5.75. The maximum absolute atomic E-state index is 9.94. The fourth-order valence-corrected chi connectivity index (χ4v) is 0.411. The number of aliphatic imine (C=N–C) groups is 1. The molecular weight excluding hydrogens is 132 g/mol. The summed E-state index contributed by atoms with van der Waals surface area (Å²) in [6.07, 6.45) is 1.16. The lowest BCUT2D eigenvalue weighted by molar-refractivity contribution is -0.108. The van der Waals surface area contributed by atoms with Gasteiger partial charge in [-0.05, 0) is 6.42 Å². The molecule has 0 saturated heterocycles. The van der Waals surface area contributed by atoms with Crippen LogP contribution < -0.4 is 17.2 Å². The molecule has 1 atom stereocenters. The summed E-state index contributed by atoms with van der Waals surface area (Å²) >= 11 is 0. The predicted octanol–water partition coefficient (Wildman–Crippen LogP) is -1.82. The summed E-state index contributed by atoms with van der Waals surface area (Å²) < 4.78 is 0. The Hall–Kier alpha value is -1.10. The average Bonchev–Trinajstić information content (AvgIpc) is 1.87. The van der Waals surface area contributed by atoms with E-state index in [-0.39, 0.29) is 5.96 Å². The van der Waals surface area contributed by atoms with Crippen molar-refractivity contribution in [2.75, 3.05) is 6.54 Å². The molecule has 0 aliphatic rings. The van der Waals surface area contributed by atoms with Crippen molar-refractivity contribution in [2.45, 2.75) is 12.5 Å². The second-order valence-electron chi connectivity index (χ2n) is 1.90. The highest BCUT2D eigenvalue weighted by atomic mass is 16.1. The maximum Gasteiger partial charge on any atom is 0.185 e. The molecule has 0 fully saturated rings. The van der Waals surface area contributed by atoms with Crippen LogP contribution in [0.1, 0.15) is 6.42 Å². The van der Waals surface area contributed by atoms with Crippen LogP contribution in [0.4, 0.5) is 0 Å². The maximum atomic E-state index is 9.94. The van der Waals surface area contributed by atoms with Gasteiger partial charge >= 0.3 is 0 Å². The average molecular weight is 144 g/mol. The van der Waals surface area contributed by atoms with Gasteiger partial charge in [-0.1, -0.05) is 0 Å². The number of rotatable bonds is 4. The second-order valence-corrected chi connectivity index (χ2v) is 1.90. The van der Waals surface area contributed by atoms with E-state index in [2.05, 4.69) is 4.99 Å². The van der Waals surface area contributed by atoms with Gasteiger partial charge in [-0.15, -0.1) is 0 Å². The minimum atomic E-state index is -0.455. The third-order valence-corrected chi connectivity index (χ3v) is 0.932. The van der Waals surface area contributed by atoms with Gasteiger partial charge in [0.25, 0.3) is 0 Å². The molecule has 0 aromatic heterocycles. The van der Waals surface area contributed by atoms with Gasteiger partial charge in [0.05, 0.1) is 6.04 Å². The Balaban J connectivity index is 3.36. The minimum absolute atomic E-state index is 0.0260. The molecule has 0 aliphatic heterocycles. The summed E-state index contributed by atoms with van der Waals surface area (Å²) in [6.45, 7) is 0.405. The number of carbonyl (C=O) groups is 1. The third-order valence-electron chi connectivity index (χ3n) is 0.932. The first-order valence-electron chi connectivity index (χ1n) is 2.93. The van der Waals surface area contributed by atoms with Gasteiger partial charge in [-0.25, -0.2) is 0 Å². The lowest BCUT2D eigenvalue weighted by Gasteiger charge is -1.98. The first-order chi connectivity index (χ1) is 4.66. The smallest absolute Gasteiger partial charge is 0.185 e. The molecule has 5 heteroatoms. The van der Waals surface area contributed by atoms with Crippen molar-refractivity contribution in [1.82, 2.24) is 0 Å². The summed E-state index contributed by atoms with van der Waals surface area (Å²) in [4.78, 5) is 13.6. The Labute approximate surface area is 59.3 Å². The van der Waals surface area contributed by atoms with Crippen molar-refractivity contribution < 1.29 is 4.79 Å². The molecule has 0 spiro atoms. The van der Waals surface area contributed by atoms with E-state index in [9.17, 15) is 4.79 Å². The van der Waals surface area contributed by atoms with E-state index in [1.807, 2.05) is 0 Å². The molecule has 0 heterocycles. The second kappa shape index (κ2) is 4.75. The molecule has 58 valence electrons. The summed E-state index contributed by atoms with van der Waals surface area (Å²) in [5, 5.41) is 0. The highest BCUT2D eigenvalue weighted by Gasteiger charge is 1.96. The van der Waals surface area contributed by atoms with E-state index >= 15 is 0 Å². The fraction of sp³-hybridized carbons (Fsp3) is 0.600. The van der Waals surface area contributed by atoms with Crippen LogP contribution in [0.3, 0.4) is 0 Å². The molecule has 6 N–H and O–H groups in total. The largest absolute Gasteiger partial charge is 0.370 e. The van der Waals surface area contributed by atoms with Crippen LogP contribution in [-0.2, 0) is 4.79 Å². The first kappa shape index (κ1) is 8.90. The summed E-state index contributed by atoms with van der Waals surface area (Å²) in [5.74, 6) is 0.0260. The molecule has 0 aromatic carbocycles. The van der Waals surface area contributed by atoms with Crippen LogP contribution >= 0.6 is 0 Å². The molecule has 0 rings (SSSR count). The SMILES string of the molecule is NC(N)=NCC[C@@H](N)C=O. The molecule has 10 heavy (non-hydrogen) atoms. The van der Waals surface area contributed by atoms with Crippen LogP contribution in [0, 0.1) is 0 Å². The number of hydrogen-bond donors (Lipinski definition) is 3. The van der Waals surface area contributed by atoms with E-state index in [1.54, 1.807) is 0 Å². The van der Waals surface area contributed by atoms with Gasteiger partial charge in [0, 0.05) is 6.54 Å². The third kappa shape index (κ3) is 5.04. The first-order valence-corrected chi connectivity index (χ1v) is 2.93. The normalized spacial score (nSPS) is 12.1. The van der Waals surface area contributed by atoms with E-state index < -0.39 is 6.04 Å². The summed E-state index contributed by atoms with van der Waals surface area (Å²) in [7, 11) is 0. The Bertz CT molecular complexity index is 130. The molecule has 0 amide bonds.